The van der Waals surface area contributed by atoms with Crippen molar-refractivity contribution in [1.82, 2.24) is 24.7 Å². The molecule has 3 aromatic rings. The monoisotopic (exact) mass is 406 g/mol. The summed E-state index contributed by atoms with van der Waals surface area (Å²) in [7, 11) is 1.65. The van der Waals surface area contributed by atoms with E-state index >= 15 is 0 Å². The molecule has 0 radical (unpaired) electrons. The van der Waals surface area contributed by atoms with Crippen molar-refractivity contribution in [1.29, 1.82) is 0 Å². The number of hydrogen-bond donors (Lipinski definition) is 0. The molecule has 0 saturated carbocycles. The van der Waals surface area contributed by atoms with Crippen LogP contribution in [-0.4, -0.2) is 63.9 Å². The molecular weight excluding hydrogens is 380 g/mol. The van der Waals surface area contributed by atoms with Gasteiger partial charge < -0.3 is 14.5 Å². The molecule has 4 heterocycles. The van der Waals surface area contributed by atoms with Gasteiger partial charge in [-0.25, -0.2) is 0 Å². The van der Waals surface area contributed by atoms with Crippen LogP contribution < -0.4 is 9.64 Å². The van der Waals surface area contributed by atoms with Crippen molar-refractivity contribution in [3.63, 3.8) is 0 Å². The third kappa shape index (κ3) is 3.46. The Bertz CT molecular complexity index is 1030. The van der Waals surface area contributed by atoms with Crippen molar-refractivity contribution in [2.75, 3.05) is 38.2 Å². The zero-order valence-electron chi connectivity index (χ0n) is 17.2. The highest BCUT2D eigenvalue weighted by Crippen LogP contribution is 2.26. The number of aromatic nitrogens is 4. The van der Waals surface area contributed by atoms with E-state index in [-0.39, 0.29) is 5.92 Å². The highest BCUT2D eigenvalue weighted by atomic mass is 16.5. The van der Waals surface area contributed by atoms with Crippen LogP contribution in [0.2, 0.25) is 0 Å². The first-order valence-electron chi connectivity index (χ1n) is 10.6. The number of benzene rings is 1. The Balaban J connectivity index is 1.33. The Labute approximate surface area is 175 Å². The fourth-order valence-corrected chi connectivity index (χ4v) is 4.42. The molecule has 0 atom stereocenters. The van der Waals surface area contributed by atoms with Gasteiger partial charge in [0.05, 0.1) is 7.11 Å². The van der Waals surface area contributed by atoms with Crippen molar-refractivity contribution in [2.45, 2.75) is 25.7 Å². The summed E-state index contributed by atoms with van der Waals surface area (Å²) in [4.78, 5) is 17.0. The van der Waals surface area contributed by atoms with Gasteiger partial charge in [0.1, 0.15) is 11.6 Å². The number of hydrogen-bond acceptors (Lipinski definition) is 6. The molecule has 2 aliphatic heterocycles. The maximum absolute atomic E-state index is 12.7. The molecule has 0 N–H and O–H groups in total. The molecule has 5 rings (SSSR count). The van der Waals surface area contributed by atoms with E-state index in [9.17, 15) is 4.79 Å². The average Bonchev–Trinajstić information content (AvgIpc) is 3.49. The van der Waals surface area contributed by atoms with Gasteiger partial charge in [0, 0.05) is 37.7 Å². The highest BCUT2D eigenvalue weighted by molar-refractivity contribution is 5.79. The Morgan fingerprint density at radius 2 is 1.70 bits per heavy atom. The maximum atomic E-state index is 12.7. The van der Waals surface area contributed by atoms with Gasteiger partial charge in [0.25, 0.3) is 0 Å². The molecule has 156 valence electrons. The number of ether oxygens (including phenoxy) is 1. The van der Waals surface area contributed by atoms with Crippen molar-refractivity contribution in [3.8, 4) is 17.1 Å². The van der Waals surface area contributed by atoms with E-state index in [0.29, 0.717) is 17.4 Å². The highest BCUT2D eigenvalue weighted by Gasteiger charge is 2.30. The number of methoxy groups -OCH3 is 1. The second-order valence-corrected chi connectivity index (χ2v) is 8.01. The molecule has 30 heavy (non-hydrogen) atoms. The number of amides is 1. The summed E-state index contributed by atoms with van der Waals surface area (Å²) < 4.78 is 7.03. The number of fused-ring (bicyclic) bond motifs is 1. The number of anilines is 1. The largest absolute Gasteiger partial charge is 0.497 e. The van der Waals surface area contributed by atoms with Crippen LogP contribution in [0.3, 0.4) is 0 Å². The van der Waals surface area contributed by atoms with E-state index in [1.54, 1.807) is 11.6 Å². The molecule has 8 heteroatoms. The number of rotatable bonds is 4. The van der Waals surface area contributed by atoms with E-state index in [2.05, 4.69) is 15.1 Å². The first-order chi connectivity index (χ1) is 14.7. The molecule has 2 aliphatic rings. The summed E-state index contributed by atoms with van der Waals surface area (Å²) in [6.07, 6.45) is 4.04. The maximum Gasteiger partial charge on any atom is 0.225 e. The Hall–Kier alpha value is -3.16. The fraction of sp³-hybridized carbons (Fsp3) is 0.455. The standard InChI is InChI=1S/C22H26N6O2/c1-30-18-6-4-16(5-7-18)21-24-23-19-8-9-20(25-28(19)21)26-14-10-17(11-15-26)22(29)27-12-2-3-13-27/h4-9,17H,2-3,10-15H2,1H3. The van der Waals surface area contributed by atoms with Gasteiger partial charge in [-0.1, -0.05) is 0 Å². The lowest BCUT2D eigenvalue weighted by Crippen LogP contribution is -2.42. The summed E-state index contributed by atoms with van der Waals surface area (Å²) in [5, 5.41) is 13.4. The average molecular weight is 406 g/mol. The zero-order valence-corrected chi connectivity index (χ0v) is 17.2. The smallest absolute Gasteiger partial charge is 0.225 e. The van der Waals surface area contributed by atoms with Gasteiger partial charge in [-0.3, -0.25) is 4.79 Å². The number of carbonyl (C=O) groups is 1. The minimum Gasteiger partial charge on any atom is -0.497 e. The molecule has 0 bridgehead atoms. The molecule has 0 aliphatic carbocycles. The predicted molar refractivity (Wildman–Crippen MR) is 114 cm³/mol. The summed E-state index contributed by atoms with van der Waals surface area (Å²) in [6.45, 7) is 3.53. The zero-order chi connectivity index (χ0) is 20.5. The van der Waals surface area contributed by atoms with Crippen molar-refractivity contribution in [3.05, 3.63) is 36.4 Å². The molecule has 2 aromatic heterocycles. The van der Waals surface area contributed by atoms with Crippen LogP contribution in [0.1, 0.15) is 25.7 Å². The number of piperidine rings is 1. The van der Waals surface area contributed by atoms with Gasteiger partial charge in [0.15, 0.2) is 11.5 Å². The van der Waals surface area contributed by atoms with Crippen LogP contribution >= 0.6 is 0 Å². The topological polar surface area (TPSA) is 75.9 Å². The summed E-state index contributed by atoms with van der Waals surface area (Å²) >= 11 is 0. The number of likely N-dealkylation sites (tertiary alicyclic amines) is 1. The van der Waals surface area contributed by atoms with Crippen molar-refractivity contribution >= 4 is 17.4 Å². The number of nitrogens with zero attached hydrogens (tertiary/aromatic N) is 6. The van der Waals surface area contributed by atoms with Crippen molar-refractivity contribution < 1.29 is 9.53 Å². The summed E-state index contributed by atoms with van der Waals surface area (Å²) in [5.41, 5.74) is 1.64. The Morgan fingerprint density at radius 3 is 2.40 bits per heavy atom. The molecule has 2 fully saturated rings. The lowest BCUT2D eigenvalue weighted by atomic mass is 9.95. The van der Waals surface area contributed by atoms with E-state index in [0.717, 1.165) is 69.0 Å². The van der Waals surface area contributed by atoms with Crippen LogP contribution in [0.25, 0.3) is 17.0 Å². The first-order valence-corrected chi connectivity index (χ1v) is 10.6. The Kier molecular flexibility index (Phi) is 4.98. The third-order valence-electron chi connectivity index (χ3n) is 6.18. The third-order valence-corrected chi connectivity index (χ3v) is 6.18. The van der Waals surface area contributed by atoms with Gasteiger partial charge in [0.2, 0.25) is 5.91 Å². The molecular formula is C22H26N6O2. The minimum absolute atomic E-state index is 0.146. The lowest BCUT2D eigenvalue weighted by molar-refractivity contribution is -0.135. The normalized spacial score (nSPS) is 17.6. The summed E-state index contributed by atoms with van der Waals surface area (Å²) in [5.74, 6) is 2.88. The van der Waals surface area contributed by atoms with E-state index in [4.69, 9.17) is 9.84 Å². The predicted octanol–water partition coefficient (Wildman–Crippen LogP) is 2.64. The quantitative estimate of drug-likeness (QED) is 0.663. The molecule has 2 saturated heterocycles. The van der Waals surface area contributed by atoms with Gasteiger partial charge in [-0.15, -0.1) is 15.3 Å². The fourth-order valence-electron chi connectivity index (χ4n) is 4.42. The molecule has 1 amide bonds. The van der Waals surface area contributed by atoms with Crippen LogP contribution in [-0.2, 0) is 4.79 Å². The van der Waals surface area contributed by atoms with Crippen molar-refractivity contribution in [2.24, 2.45) is 5.92 Å². The lowest BCUT2D eigenvalue weighted by Gasteiger charge is -2.33. The summed E-state index contributed by atoms with van der Waals surface area (Å²) in [6, 6.07) is 11.7. The van der Waals surface area contributed by atoms with Crippen LogP contribution in [0.5, 0.6) is 5.75 Å². The second kappa shape index (κ2) is 7.93. The SMILES string of the molecule is COc1ccc(-c2nnc3ccc(N4CCC(C(=O)N5CCCC5)CC4)nn23)cc1. The minimum atomic E-state index is 0.146. The van der Waals surface area contributed by atoms with Gasteiger partial charge >= 0.3 is 0 Å². The van der Waals surface area contributed by atoms with Crippen LogP contribution in [0, 0.1) is 5.92 Å². The number of carbonyl (C=O) groups excluding carboxylic acids is 1. The first kappa shape index (κ1) is 18.8. The van der Waals surface area contributed by atoms with E-state index in [1.165, 1.54) is 0 Å². The van der Waals surface area contributed by atoms with Gasteiger partial charge in [-0.05, 0) is 62.1 Å². The van der Waals surface area contributed by atoms with E-state index in [1.807, 2.05) is 41.3 Å². The van der Waals surface area contributed by atoms with Crippen LogP contribution in [0.15, 0.2) is 36.4 Å². The van der Waals surface area contributed by atoms with E-state index < -0.39 is 0 Å². The second-order valence-electron chi connectivity index (χ2n) is 8.01. The molecule has 1 aromatic carbocycles. The van der Waals surface area contributed by atoms with Crippen LogP contribution in [0.4, 0.5) is 5.82 Å². The molecule has 0 spiro atoms. The van der Waals surface area contributed by atoms with Gasteiger partial charge in [-0.2, -0.15) is 4.52 Å². The Morgan fingerprint density at radius 1 is 0.967 bits per heavy atom. The molecule has 0 unspecified atom stereocenters. The molecule has 8 nitrogen and oxygen atoms in total.